The van der Waals surface area contributed by atoms with Crippen molar-refractivity contribution in [3.05, 3.63) is 47.2 Å². The minimum Gasteiger partial charge on any atom is -0.478 e. The van der Waals surface area contributed by atoms with Gasteiger partial charge in [0.25, 0.3) is 0 Å². The summed E-state index contributed by atoms with van der Waals surface area (Å²) in [5.41, 5.74) is 1.73. The average molecular weight is 280 g/mol. The summed E-state index contributed by atoms with van der Waals surface area (Å²) in [6.45, 7) is 0. The number of hydrogen-bond acceptors (Lipinski definition) is 3. The lowest BCUT2D eigenvalue weighted by molar-refractivity contribution is 0.0696. The molecular formula is C13H10ClNO2S. The third-order valence-electron chi connectivity index (χ3n) is 2.49. The van der Waals surface area contributed by atoms with Gasteiger partial charge >= 0.3 is 5.97 Å². The SMILES string of the molecule is CSc1ccccc1-c1cnc(Cl)c(C(=O)O)c1. The van der Waals surface area contributed by atoms with E-state index in [1.165, 1.54) is 0 Å². The van der Waals surface area contributed by atoms with Gasteiger partial charge in [0.2, 0.25) is 0 Å². The molecule has 0 spiro atoms. The summed E-state index contributed by atoms with van der Waals surface area (Å²) in [5, 5.41) is 9.04. The Labute approximate surface area is 114 Å². The zero-order chi connectivity index (χ0) is 13.1. The Bertz CT molecular complexity index is 601. The second-order valence-corrected chi connectivity index (χ2v) is 4.77. The number of thioether (sulfide) groups is 1. The van der Waals surface area contributed by atoms with Crippen molar-refractivity contribution in [3.8, 4) is 11.1 Å². The number of rotatable bonds is 3. The maximum atomic E-state index is 11.0. The molecule has 0 saturated heterocycles. The molecule has 0 aliphatic rings. The van der Waals surface area contributed by atoms with Gasteiger partial charge < -0.3 is 5.11 Å². The fourth-order valence-electron chi connectivity index (χ4n) is 1.63. The molecule has 0 aliphatic heterocycles. The Hall–Kier alpha value is -1.52. The number of aromatic carboxylic acids is 1. The van der Waals surface area contributed by atoms with Gasteiger partial charge in [0.15, 0.2) is 0 Å². The Balaban J connectivity index is 2.58. The van der Waals surface area contributed by atoms with Crippen molar-refractivity contribution in [2.24, 2.45) is 0 Å². The predicted octanol–water partition coefficient (Wildman–Crippen LogP) is 3.82. The molecule has 0 unspecified atom stereocenters. The molecular weight excluding hydrogens is 270 g/mol. The van der Waals surface area contributed by atoms with Crippen LogP contribution in [-0.2, 0) is 0 Å². The molecule has 0 saturated carbocycles. The summed E-state index contributed by atoms with van der Waals surface area (Å²) in [6.07, 6.45) is 3.56. The van der Waals surface area contributed by atoms with Crippen LogP contribution in [0.1, 0.15) is 10.4 Å². The van der Waals surface area contributed by atoms with Crippen molar-refractivity contribution < 1.29 is 9.90 Å². The highest BCUT2D eigenvalue weighted by Gasteiger charge is 2.13. The summed E-state index contributed by atoms with van der Waals surface area (Å²) in [7, 11) is 0. The van der Waals surface area contributed by atoms with Gasteiger partial charge in [-0.2, -0.15) is 0 Å². The second-order valence-electron chi connectivity index (χ2n) is 3.57. The number of pyridine rings is 1. The van der Waals surface area contributed by atoms with Crippen LogP contribution in [0, 0.1) is 0 Å². The molecule has 1 heterocycles. The molecule has 3 nitrogen and oxygen atoms in total. The zero-order valence-corrected chi connectivity index (χ0v) is 11.1. The molecule has 1 N–H and O–H groups in total. The second kappa shape index (κ2) is 5.42. The minimum absolute atomic E-state index is 0.00730. The summed E-state index contributed by atoms with van der Waals surface area (Å²) in [5.74, 6) is -1.07. The Morgan fingerprint density at radius 2 is 2.11 bits per heavy atom. The highest BCUT2D eigenvalue weighted by atomic mass is 35.5. The number of benzene rings is 1. The van der Waals surface area contributed by atoms with Crippen LogP contribution in [-0.4, -0.2) is 22.3 Å². The number of aromatic nitrogens is 1. The van der Waals surface area contributed by atoms with Gasteiger partial charge in [0.1, 0.15) is 5.15 Å². The number of halogens is 1. The number of carbonyl (C=O) groups is 1. The lowest BCUT2D eigenvalue weighted by Crippen LogP contribution is -1.99. The van der Waals surface area contributed by atoms with E-state index in [0.717, 1.165) is 16.0 Å². The van der Waals surface area contributed by atoms with Crippen LogP contribution in [0.4, 0.5) is 0 Å². The molecule has 18 heavy (non-hydrogen) atoms. The van der Waals surface area contributed by atoms with Crippen molar-refractivity contribution in [1.82, 2.24) is 4.98 Å². The third kappa shape index (κ3) is 2.49. The highest BCUT2D eigenvalue weighted by Crippen LogP contribution is 2.31. The fraction of sp³-hybridized carbons (Fsp3) is 0.0769. The summed E-state index contributed by atoms with van der Waals surface area (Å²) in [4.78, 5) is 16.0. The van der Waals surface area contributed by atoms with E-state index in [1.807, 2.05) is 30.5 Å². The lowest BCUT2D eigenvalue weighted by atomic mass is 10.1. The van der Waals surface area contributed by atoms with Crippen LogP contribution in [0.5, 0.6) is 0 Å². The molecule has 92 valence electrons. The van der Waals surface area contributed by atoms with Gasteiger partial charge in [0, 0.05) is 16.7 Å². The Morgan fingerprint density at radius 1 is 1.39 bits per heavy atom. The molecule has 2 aromatic rings. The average Bonchev–Trinajstić information content (AvgIpc) is 2.39. The molecule has 0 radical (unpaired) electrons. The van der Waals surface area contributed by atoms with Crippen molar-refractivity contribution >= 4 is 29.3 Å². The highest BCUT2D eigenvalue weighted by molar-refractivity contribution is 7.98. The molecule has 0 bridgehead atoms. The first-order valence-corrected chi connectivity index (χ1v) is 6.76. The molecule has 0 fully saturated rings. The van der Waals surface area contributed by atoms with Gasteiger partial charge in [-0.3, -0.25) is 0 Å². The summed E-state index contributed by atoms with van der Waals surface area (Å²) < 4.78 is 0. The van der Waals surface area contributed by atoms with E-state index >= 15 is 0 Å². The smallest absolute Gasteiger partial charge is 0.338 e. The molecule has 0 atom stereocenters. The van der Waals surface area contributed by atoms with Crippen LogP contribution in [0.15, 0.2) is 41.4 Å². The Kier molecular flexibility index (Phi) is 3.89. The number of carboxylic acid groups (broad SMARTS) is 1. The first-order valence-electron chi connectivity index (χ1n) is 5.15. The monoisotopic (exact) mass is 279 g/mol. The van der Waals surface area contributed by atoms with Crippen LogP contribution in [0.2, 0.25) is 5.15 Å². The molecule has 1 aromatic heterocycles. The quantitative estimate of drug-likeness (QED) is 0.685. The van der Waals surface area contributed by atoms with Crippen LogP contribution in [0.25, 0.3) is 11.1 Å². The van der Waals surface area contributed by atoms with Gasteiger partial charge in [-0.1, -0.05) is 29.8 Å². The van der Waals surface area contributed by atoms with Gasteiger partial charge in [-0.15, -0.1) is 11.8 Å². The molecule has 5 heteroatoms. The van der Waals surface area contributed by atoms with E-state index in [2.05, 4.69) is 4.98 Å². The van der Waals surface area contributed by atoms with Crippen LogP contribution >= 0.6 is 23.4 Å². The first-order chi connectivity index (χ1) is 8.63. The minimum atomic E-state index is -1.07. The predicted molar refractivity (Wildman–Crippen MR) is 73.4 cm³/mol. The van der Waals surface area contributed by atoms with E-state index in [4.69, 9.17) is 16.7 Å². The molecule has 0 amide bonds. The fourth-order valence-corrected chi connectivity index (χ4v) is 2.43. The van der Waals surface area contributed by atoms with Gasteiger partial charge in [-0.05, 0) is 24.0 Å². The van der Waals surface area contributed by atoms with Crippen molar-refractivity contribution in [2.45, 2.75) is 4.90 Å². The summed E-state index contributed by atoms with van der Waals surface area (Å²) in [6, 6.07) is 9.31. The van der Waals surface area contributed by atoms with E-state index in [9.17, 15) is 4.79 Å². The molecule has 2 rings (SSSR count). The van der Waals surface area contributed by atoms with E-state index in [0.29, 0.717) is 0 Å². The zero-order valence-electron chi connectivity index (χ0n) is 9.55. The third-order valence-corrected chi connectivity index (χ3v) is 3.58. The number of hydrogen-bond donors (Lipinski definition) is 1. The lowest BCUT2D eigenvalue weighted by Gasteiger charge is -2.08. The maximum absolute atomic E-state index is 11.0. The van der Waals surface area contributed by atoms with Crippen LogP contribution in [0.3, 0.4) is 0 Å². The van der Waals surface area contributed by atoms with Gasteiger partial charge in [-0.25, -0.2) is 9.78 Å². The van der Waals surface area contributed by atoms with E-state index < -0.39 is 5.97 Å². The maximum Gasteiger partial charge on any atom is 0.338 e. The first kappa shape index (κ1) is 12.9. The summed E-state index contributed by atoms with van der Waals surface area (Å²) >= 11 is 7.36. The van der Waals surface area contributed by atoms with Crippen LogP contribution < -0.4 is 0 Å². The van der Waals surface area contributed by atoms with Crippen molar-refractivity contribution in [2.75, 3.05) is 6.26 Å². The molecule has 0 aliphatic carbocycles. The Morgan fingerprint density at radius 3 is 2.78 bits per heavy atom. The van der Waals surface area contributed by atoms with E-state index in [1.54, 1.807) is 24.0 Å². The van der Waals surface area contributed by atoms with Gasteiger partial charge in [0.05, 0.1) is 5.56 Å². The molecule has 1 aromatic carbocycles. The number of nitrogens with zero attached hydrogens (tertiary/aromatic N) is 1. The number of carboxylic acids is 1. The van der Waals surface area contributed by atoms with Crippen molar-refractivity contribution in [1.29, 1.82) is 0 Å². The standard InChI is InChI=1S/C13H10ClNO2S/c1-18-11-5-3-2-4-9(11)8-6-10(13(16)17)12(14)15-7-8/h2-7H,1H3,(H,16,17). The van der Waals surface area contributed by atoms with E-state index in [-0.39, 0.29) is 10.7 Å². The van der Waals surface area contributed by atoms with Crippen molar-refractivity contribution in [3.63, 3.8) is 0 Å². The topological polar surface area (TPSA) is 50.2 Å². The normalized spacial score (nSPS) is 10.3. The largest absolute Gasteiger partial charge is 0.478 e.